The maximum absolute atomic E-state index is 13.3. The molecule has 1 aliphatic rings. The summed E-state index contributed by atoms with van der Waals surface area (Å²) in [5.74, 6) is 0.123. The zero-order valence-corrected chi connectivity index (χ0v) is 20.1. The van der Waals surface area contributed by atoms with Gasteiger partial charge >= 0.3 is 0 Å². The summed E-state index contributed by atoms with van der Waals surface area (Å²) in [6.07, 6.45) is 2.98. The second-order valence-corrected chi connectivity index (χ2v) is 9.13. The zero-order valence-electron chi connectivity index (χ0n) is 18.5. The van der Waals surface area contributed by atoms with Crippen molar-refractivity contribution in [3.8, 4) is 11.5 Å². The first-order chi connectivity index (χ1) is 16.0. The predicted octanol–water partition coefficient (Wildman–Crippen LogP) is 4.90. The highest BCUT2D eigenvalue weighted by Crippen LogP contribution is 2.29. The molecule has 0 N–H and O–H groups in total. The number of hydrogen-bond donors (Lipinski definition) is 0. The molecule has 0 saturated carbocycles. The monoisotopic (exact) mass is 484 g/mol. The van der Waals surface area contributed by atoms with Gasteiger partial charge in [-0.25, -0.2) is 0 Å². The fourth-order valence-electron chi connectivity index (χ4n) is 3.90. The fraction of sp³-hybridized carbons (Fsp3) is 0.333. The molecule has 2 amide bonds. The van der Waals surface area contributed by atoms with Gasteiger partial charge in [-0.3, -0.25) is 9.59 Å². The summed E-state index contributed by atoms with van der Waals surface area (Å²) >= 11 is 7.87. The van der Waals surface area contributed by atoms with E-state index >= 15 is 0 Å². The molecule has 33 heavy (non-hydrogen) atoms. The standard InChI is InChI=1S/C24H25ClN4O3S/c1-3-12-28(15-21-26-27-23(32-21)19-6-4-5-7-20(19)25)24(31)16-13-22(30)29(14-16)17-8-10-18(33-2)11-9-17/h4-11,16H,3,12-15H2,1-2H3. The molecular weight excluding hydrogens is 460 g/mol. The molecule has 9 heteroatoms. The summed E-state index contributed by atoms with van der Waals surface area (Å²) in [5.41, 5.74) is 1.47. The van der Waals surface area contributed by atoms with Crippen molar-refractivity contribution in [1.29, 1.82) is 0 Å². The van der Waals surface area contributed by atoms with Crippen LogP contribution in [0, 0.1) is 5.92 Å². The van der Waals surface area contributed by atoms with Gasteiger partial charge in [-0.05, 0) is 49.1 Å². The molecule has 1 saturated heterocycles. The van der Waals surface area contributed by atoms with Crippen molar-refractivity contribution >= 4 is 40.9 Å². The highest BCUT2D eigenvalue weighted by Gasteiger charge is 2.37. The van der Waals surface area contributed by atoms with E-state index in [2.05, 4.69) is 10.2 Å². The van der Waals surface area contributed by atoms with E-state index in [1.807, 2.05) is 49.6 Å². The van der Waals surface area contributed by atoms with E-state index < -0.39 is 5.92 Å². The zero-order chi connectivity index (χ0) is 23.4. The SMILES string of the molecule is CCCN(Cc1nnc(-c2ccccc2Cl)o1)C(=O)C1CC(=O)N(c2ccc(SC)cc2)C1. The van der Waals surface area contributed by atoms with E-state index in [1.54, 1.807) is 33.7 Å². The molecule has 0 bridgehead atoms. The third-order valence-corrected chi connectivity index (χ3v) is 6.63. The number of halogens is 1. The molecule has 1 unspecified atom stereocenters. The molecule has 172 valence electrons. The molecule has 1 atom stereocenters. The lowest BCUT2D eigenvalue weighted by molar-refractivity contribution is -0.136. The van der Waals surface area contributed by atoms with Gasteiger partial charge in [-0.15, -0.1) is 22.0 Å². The molecule has 2 aromatic carbocycles. The molecule has 0 spiro atoms. The van der Waals surface area contributed by atoms with E-state index in [1.165, 1.54) is 0 Å². The Balaban J connectivity index is 1.46. The van der Waals surface area contributed by atoms with Crippen LogP contribution in [-0.4, -0.2) is 46.3 Å². The van der Waals surface area contributed by atoms with Crippen LogP contribution in [0.5, 0.6) is 0 Å². The maximum Gasteiger partial charge on any atom is 0.249 e. The number of hydrogen-bond acceptors (Lipinski definition) is 6. The molecule has 0 radical (unpaired) electrons. The molecule has 0 aliphatic carbocycles. The van der Waals surface area contributed by atoms with Crippen LogP contribution in [0.15, 0.2) is 57.8 Å². The summed E-state index contributed by atoms with van der Waals surface area (Å²) in [7, 11) is 0. The second kappa shape index (κ2) is 10.4. The Bertz CT molecular complexity index is 1130. The fourth-order valence-corrected chi connectivity index (χ4v) is 4.53. The number of carbonyl (C=O) groups excluding carboxylic acids is 2. The minimum Gasteiger partial charge on any atom is -0.419 e. The van der Waals surface area contributed by atoms with E-state index in [9.17, 15) is 9.59 Å². The molecular formula is C24H25ClN4O3S. The van der Waals surface area contributed by atoms with Crippen molar-refractivity contribution in [2.75, 3.05) is 24.2 Å². The Labute approximate surface area is 202 Å². The van der Waals surface area contributed by atoms with Gasteiger partial charge in [-0.2, -0.15) is 0 Å². The van der Waals surface area contributed by atoms with Crippen LogP contribution in [0.3, 0.4) is 0 Å². The van der Waals surface area contributed by atoms with Crippen molar-refractivity contribution in [1.82, 2.24) is 15.1 Å². The van der Waals surface area contributed by atoms with Gasteiger partial charge in [0.15, 0.2) is 0 Å². The Morgan fingerprint density at radius 1 is 1.21 bits per heavy atom. The lowest BCUT2D eigenvalue weighted by atomic mass is 10.1. The van der Waals surface area contributed by atoms with Gasteiger partial charge in [-0.1, -0.05) is 30.7 Å². The van der Waals surface area contributed by atoms with Gasteiger partial charge in [0.1, 0.15) is 0 Å². The molecule has 7 nitrogen and oxygen atoms in total. The number of anilines is 1. The number of amides is 2. The molecule has 1 fully saturated rings. The average Bonchev–Trinajstić information content (AvgIpc) is 3.45. The summed E-state index contributed by atoms with van der Waals surface area (Å²) in [6.45, 7) is 3.10. The topological polar surface area (TPSA) is 79.5 Å². The highest BCUT2D eigenvalue weighted by molar-refractivity contribution is 7.98. The van der Waals surface area contributed by atoms with E-state index in [0.717, 1.165) is 17.0 Å². The first-order valence-corrected chi connectivity index (χ1v) is 12.4. The third-order valence-electron chi connectivity index (χ3n) is 5.56. The first-order valence-electron chi connectivity index (χ1n) is 10.8. The Morgan fingerprint density at radius 3 is 2.67 bits per heavy atom. The number of aromatic nitrogens is 2. The minimum atomic E-state index is -0.407. The molecule has 1 aliphatic heterocycles. The van der Waals surface area contributed by atoms with E-state index in [4.69, 9.17) is 16.0 Å². The van der Waals surface area contributed by atoms with Gasteiger partial charge in [0, 0.05) is 30.1 Å². The average molecular weight is 485 g/mol. The molecule has 1 aromatic heterocycles. The van der Waals surface area contributed by atoms with Gasteiger partial charge < -0.3 is 14.2 Å². The quantitative estimate of drug-likeness (QED) is 0.423. The Morgan fingerprint density at radius 2 is 1.97 bits per heavy atom. The van der Waals surface area contributed by atoms with Crippen LogP contribution in [-0.2, 0) is 16.1 Å². The van der Waals surface area contributed by atoms with E-state index in [0.29, 0.717) is 35.5 Å². The number of thioether (sulfide) groups is 1. The van der Waals surface area contributed by atoms with Crippen LogP contribution in [0.2, 0.25) is 5.02 Å². The molecule has 3 aromatic rings. The summed E-state index contributed by atoms with van der Waals surface area (Å²) in [4.78, 5) is 30.5. The summed E-state index contributed by atoms with van der Waals surface area (Å²) in [6, 6.07) is 15.0. The predicted molar refractivity (Wildman–Crippen MR) is 129 cm³/mol. The van der Waals surface area contributed by atoms with Gasteiger partial charge in [0.25, 0.3) is 0 Å². The van der Waals surface area contributed by atoms with Crippen molar-refractivity contribution in [2.45, 2.75) is 31.2 Å². The van der Waals surface area contributed by atoms with Crippen LogP contribution in [0.1, 0.15) is 25.7 Å². The van der Waals surface area contributed by atoms with Crippen molar-refractivity contribution < 1.29 is 14.0 Å². The third kappa shape index (κ3) is 5.23. The first kappa shape index (κ1) is 23.3. The Hall–Kier alpha value is -2.84. The molecule has 2 heterocycles. The van der Waals surface area contributed by atoms with Crippen LogP contribution in [0.4, 0.5) is 5.69 Å². The number of benzene rings is 2. The number of carbonyl (C=O) groups is 2. The molecule has 4 rings (SSSR count). The number of rotatable bonds is 8. The second-order valence-electron chi connectivity index (χ2n) is 7.84. The largest absolute Gasteiger partial charge is 0.419 e. The van der Waals surface area contributed by atoms with Crippen molar-refractivity contribution in [2.24, 2.45) is 5.92 Å². The highest BCUT2D eigenvalue weighted by atomic mass is 35.5. The van der Waals surface area contributed by atoms with E-state index in [-0.39, 0.29) is 24.8 Å². The Kier molecular flexibility index (Phi) is 7.35. The van der Waals surface area contributed by atoms with Crippen molar-refractivity contribution in [3.63, 3.8) is 0 Å². The van der Waals surface area contributed by atoms with Crippen LogP contribution in [0.25, 0.3) is 11.5 Å². The number of nitrogens with zero attached hydrogens (tertiary/aromatic N) is 4. The van der Waals surface area contributed by atoms with Crippen molar-refractivity contribution in [3.05, 3.63) is 59.4 Å². The minimum absolute atomic E-state index is 0.0412. The van der Waals surface area contributed by atoms with Crippen LogP contribution < -0.4 is 4.90 Å². The lowest BCUT2D eigenvalue weighted by Crippen LogP contribution is -2.37. The maximum atomic E-state index is 13.3. The smallest absolute Gasteiger partial charge is 0.249 e. The lowest BCUT2D eigenvalue weighted by Gasteiger charge is -2.24. The van der Waals surface area contributed by atoms with Gasteiger partial charge in [0.2, 0.25) is 23.6 Å². The summed E-state index contributed by atoms with van der Waals surface area (Å²) < 4.78 is 5.79. The van der Waals surface area contributed by atoms with Crippen LogP contribution >= 0.6 is 23.4 Å². The van der Waals surface area contributed by atoms with Gasteiger partial charge in [0.05, 0.1) is 23.0 Å². The summed E-state index contributed by atoms with van der Waals surface area (Å²) in [5, 5.41) is 8.72. The normalized spacial score (nSPS) is 15.8.